The Labute approximate surface area is 202 Å². The lowest BCUT2D eigenvalue weighted by atomic mass is 9.98. The van der Waals surface area contributed by atoms with Crippen LogP contribution in [-0.4, -0.2) is 45.9 Å². The van der Waals surface area contributed by atoms with E-state index in [4.69, 9.17) is 44.3 Å². The van der Waals surface area contributed by atoms with Gasteiger partial charge in [0.1, 0.15) is 11.5 Å². The van der Waals surface area contributed by atoms with E-state index in [-0.39, 0.29) is 28.3 Å². The highest BCUT2D eigenvalue weighted by Gasteiger charge is 2.33. The molecule has 1 aliphatic rings. The van der Waals surface area contributed by atoms with E-state index in [1.807, 2.05) is 0 Å². The number of hydrogen-bond donors (Lipinski definition) is 1. The maximum Gasteiger partial charge on any atom is 0.228 e. The molecular formula is C21H23Cl3N2O5S. The largest absolute Gasteiger partial charge is 0.495 e. The van der Waals surface area contributed by atoms with Crippen LogP contribution >= 0.6 is 34.8 Å². The Bertz CT molecular complexity index is 1090. The van der Waals surface area contributed by atoms with E-state index in [1.54, 1.807) is 30.3 Å². The van der Waals surface area contributed by atoms with Gasteiger partial charge in [-0.1, -0.05) is 40.9 Å². The first-order chi connectivity index (χ1) is 15.2. The van der Waals surface area contributed by atoms with Gasteiger partial charge in [-0.25, -0.2) is 12.7 Å². The van der Waals surface area contributed by atoms with Gasteiger partial charge < -0.3 is 14.8 Å². The number of methoxy groups -OCH3 is 2. The van der Waals surface area contributed by atoms with Crippen LogP contribution in [0.15, 0.2) is 30.3 Å². The van der Waals surface area contributed by atoms with Crippen LogP contribution in [0.1, 0.15) is 18.4 Å². The zero-order chi connectivity index (χ0) is 23.5. The molecule has 7 nitrogen and oxygen atoms in total. The number of sulfonamides is 1. The van der Waals surface area contributed by atoms with Crippen LogP contribution in [0.5, 0.6) is 11.5 Å². The molecule has 0 spiro atoms. The maximum absolute atomic E-state index is 13.0. The molecule has 1 saturated heterocycles. The Balaban J connectivity index is 1.75. The fourth-order valence-electron chi connectivity index (χ4n) is 3.55. The van der Waals surface area contributed by atoms with Crippen LogP contribution < -0.4 is 14.8 Å². The molecular weight excluding hydrogens is 499 g/mol. The van der Waals surface area contributed by atoms with Crippen LogP contribution in [0.2, 0.25) is 15.1 Å². The standard InChI is InChI=1S/C21H23Cl3N2O5S/c1-30-19-10-18(20(31-2)9-17(19)24)25-21(27)13-5-4-8-26(11-13)32(28,29)12-14-15(22)6-3-7-16(14)23/h3,6-7,9-10,13H,4-5,8,11-12H2,1-2H3,(H,25,27)/t13-/m0/s1. The Kier molecular flexibility index (Phi) is 8.16. The number of anilines is 1. The second kappa shape index (κ2) is 10.5. The van der Waals surface area contributed by atoms with Gasteiger partial charge in [0, 0.05) is 40.8 Å². The van der Waals surface area contributed by atoms with Crippen molar-refractivity contribution in [1.82, 2.24) is 4.31 Å². The summed E-state index contributed by atoms with van der Waals surface area (Å²) in [5.41, 5.74) is 0.738. The first-order valence-corrected chi connectivity index (χ1v) is 12.5. The Morgan fingerprint density at radius 3 is 2.38 bits per heavy atom. The number of hydrogen-bond acceptors (Lipinski definition) is 5. The molecule has 1 atom stereocenters. The Morgan fingerprint density at radius 1 is 1.09 bits per heavy atom. The number of amides is 1. The quantitative estimate of drug-likeness (QED) is 0.563. The molecule has 2 aromatic rings. The van der Waals surface area contributed by atoms with Gasteiger partial charge in [0.15, 0.2) is 0 Å². The zero-order valence-electron chi connectivity index (χ0n) is 17.5. The monoisotopic (exact) mass is 520 g/mol. The fourth-order valence-corrected chi connectivity index (χ4v) is 6.14. The number of carbonyl (C=O) groups is 1. The second-order valence-electron chi connectivity index (χ2n) is 7.33. The number of halogens is 3. The van der Waals surface area contributed by atoms with Gasteiger partial charge in [0.25, 0.3) is 0 Å². The third kappa shape index (κ3) is 5.61. The summed E-state index contributed by atoms with van der Waals surface area (Å²) >= 11 is 18.4. The second-order valence-corrected chi connectivity index (χ2v) is 10.5. The number of rotatable bonds is 7. The first kappa shape index (κ1) is 24.9. The van der Waals surface area contributed by atoms with Crippen LogP contribution in [-0.2, 0) is 20.6 Å². The molecule has 0 unspecified atom stereocenters. The summed E-state index contributed by atoms with van der Waals surface area (Å²) < 4.78 is 37.9. The zero-order valence-corrected chi connectivity index (χ0v) is 20.6. The molecule has 1 N–H and O–H groups in total. The number of piperidine rings is 1. The minimum Gasteiger partial charge on any atom is -0.495 e. The number of nitrogens with zero attached hydrogens (tertiary/aromatic N) is 1. The van der Waals surface area contributed by atoms with Crippen LogP contribution in [0.3, 0.4) is 0 Å². The minimum atomic E-state index is -3.73. The molecule has 1 heterocycles. The average molecular weight is 522 g/mol. The molecule has 32 heavy (non-hydrogen) atoms. The molecule has 0 radical (unpaired) electrons. The summed E-state index contributed by atoms with van der Waals surface area (Å²) in [5.74, 6) is -0.429. The number of benzene rings is 2. The molecule has 1 fully saturated rings. The third-order valence-electron chi connectivity index (χ3n) is 5.27. The summed E-state index contributed by atoms with van der Waals surface area (Å²) in [6, 6.07) is 7.95. The predicted molar refractivity (Wildman–Crippen MR) is 127 cm³/mol. The van der Waals surface area contributed by atoms with Gasteiger partial charge in [-0.05, 0) is 25.0 Å². The highest BCUT2D eigenvalue weighted by Crippen LogP contribution is 2.36. The smallest absolute Gasteiger partial charge is 0.228 e. The van der Waals surface area contributed by atoms with Crippen LogP contribution in [0, 0.1) is 5.92 Å². The third-order valence-corrected chi connectivity index (χ3v) is 8.04. The van der Waals surface area contributed by atoms with Gasteiger partial charge in [0.05, 0.1) is 36.6 Å². The SMILES string of the molecule is COc1cc(NC(=O)[C@H]2CCCN(S(=O)(=O)Cc3c(Cl)cccc3Cl)C2)c(OC)cc1Cl. The first-order valence-electron chi connectivity index (χ1n) is 9.79. The van der Waals surface area contributed by atoms with Crippen molar-refractivity contribution < 1.29 is 22.7 Å². The van der Waals surface area contributed by atoms with Gasteiger partial charge in [0.2, 0.25) is 15.9 Å². The lowest BCUT2D eigenvalue weighted by molar-refractivity contribution is -0.120. The highest BCUT2D eigenvalue weighted by atomic mass is 35.5. The number of carbonyl (C=O) groups excluding carboxylic acids is 1. The number of ether oxygens (including phenoxy) is 2. The van der Waals surface area contributed by atoms with Crippen LogP contribution in [0.25, 0.3) is 0 Å². The summed E-state index contributed by atoms with van der Waals surface area (Å²) in [5, 5.41) is 3.73. The molecule has 3 rings (SSSR count). The number of nitrogens with one attached hydrogen (secondary N) is 1. The van der Waals surface area contributed by atoms with Crippen molar-refractivity contribution in [2.45, 2.75) is 18.6 Å². The Morgan fingerprint density at radius 2 is 1.75 bits per heavy atom. The summed E-state index contributed by atoms with van der Waals surface area (Å²) in [4.78, 5) is 13.0. The molecule has 1 amide bonds. The molecule has 2 aromatic carbocycles. The molecule has 174 valence electrons. The van der Waals surface area contributed by atoms with Crippen molar-refractivity contribution in [2.24, 2.45) is 5.92 Å². The summed E-state index contributed by atoms with van der Waals surface area (Å²) in [6.07, 6.45) is 1.10. The molecule has 11 heteroatoms. The molecule has 0 aromatic heterocycles. The van der Waals surface area contributed by atoms with Crippen molar-refractivity contribution in [3.05, 3.63) is 51.0 Å². The van der Waals surface area contributed by atoms with E-state index in [9.17, 15) is 13.2 Å². The van der Waals surface area contributed by atoms with Crippen LogP contribution in [0.4, 0.5) is 5.69 Å². The van der Waals surface area contributed by atoms with Crippen molar-refractivity contribution in [1.29, 1.82) is 0 Å². The van der Waals surface area contributed by atoms with E-state index < -0.39 is 15.9 Å². The van der Waals surface area contributed by atoms with E-state index in [1.165, 1.54) is 18.5 Å². The van der Waals surface area contributed by atoms with Gasteiger partial charge >= 0.3 is 0 Å². The topological polar surface area (TPSA) is 84.9 Å². The van der Waals surface area contributed by atoms with E-state index >= 15 is 0 Å². The molecule has 0 bridgehead atoms. The molecule has 1 aliphatic heterocycles. The highest BCUT2D eigenvalue weighted by molar-refractivity contribution is 7.88. The molecule has 0 aliphatic carbocycles. The fraction of sp³-hybridized carbons (Fsp3) is 0.381. The molecule has 0 saturated carbocycles. The van der Waals surface area contributed by atoms with Gasteiger partial charge in [-0.3, -0.25) is 4.79 Å². The normalized spacial score (nSPS) is 17.1. The van der Waals surface area contributed by atoms with Crippen molar-refractivity contribution in [3.8, 4) is 11.5 Å². The van der Waals surface area contributed by atoms with Crippen molar-refractivity contribution >= 4 is 56.4 Å². The van der Waals surface area contributed by atoms with Crippen molar-refractivity contribution in [2.75, 3.05) is 32.6 Å². The van der Waals surface area contributed by atoms with E-state index in [2.05, 4.69) is 5.32 Å². The average Bonchev–Trinajstić information content (AvgIpc) is 2.77. The van der Waals surface area contributed by atoms with Crippen molar-refractivity contribution in [3.63, 3.8) is 0 Å². The lowest BCUT2D eigenvalue weighted by Crippen LogP contribution is -2.44. The van der Waals surface area contributed by atoms with Gasteiger partial charge in [-0.2, -0.15) is 0 Å². The van der Waals surface area contributed by atoms with E-state index in [0.717, 1.165) is 0 Å². The minimum absolute atomic E-state index is 0.0588. The summed E-state index contributed by atoms with van der Waals surface area (Å²) in [6.45, 7) is 0.384. The maximum atomic E-state index is 13.0. The van der Waals surface area contributed by atoms with E-state index in [0.29, 0.717) is 47.2 Å². The predicted octanol–water partition coefficient (Wildman–Crippen LogP) is 4.84. The summed E-state index contributed by atoms with van der Waals surface area (Å²) in [7, 11) is -0.800. The lowest BCUT2D eigenvalue weighted by Gasteiger charge is -2.31. The van der Waals surface area contributed by atoms with Gasteiger partial charge in [-0.15, -0.1) is 0 Å². The Hall–Kier alpha value is -1.71.